The molecule has 1 aromatic heterocycles. The fourth-order valence-electron chi connectivity index (χ4n) is 8.12. The van der Waals surface area contributed by atoms with Gasteiger partial charge < -0.3 is 20.0 Å². The van der Waals surface area contributed by atoms with Gasteiger partial charge in [-0.1, -0.05) is 25.5 Å². The van der Waals surface area contributed by atoms with Crippen molar-refractivity contribution in [3.05, 3.63) is 35.8 Å². The minimum absolute atomic E-state index is 0.0435. The summed E-state index contributed by atoms with van der Waals surface area (Å²) in [5, 5.41) is 12.2. The average molecular weight is 414 g/mol. The van der Waals surface area contributed by atoms with Gasteiger partial charge in [-0.05, 0) is 99.1 Å². The number of aliphatic hydroxyl groups is 1. The van der Waals surface area contributed by atoms with Crippen LogP contribution < -0.4 is 5.73 Å². The van der Waals surface area contributed by atoms with Crippen molar-refractivity contribution in [3.8, 4) is 0 Å². The van der Waals surface area contributed by atoms with Crippen molar-refractivity contribution < 1.29 is 14.3 Å². The van der Waals surface area contributed by atoms with E-state index < -0.39 is 5.60 Å². The Bertz CT molecular complexity index is 788. The van der Waals surface area contributed by atoms with Crippen LogP contribution in [0.25, 0.3) is 0 Å². The number of allylic oxidation sites excluding steroid dienone is 1. The highest BCUT2D eigenvalue weighted by Crippen LogP contribution is 2.70. The zero-order valence-corrected chi connectivity index (χ0v) is 18.7. The maximum atomic E-state index is 12.2. The van der Waals surface area contributed by atoms with Crippen molar-refractivity contribution >= 4 is 0 Å². The molecule has 2 unspecified atom stereocenters. The summed E-state index contributed by atoms with van der Waals surface area (Å²) in [4.78, 5) is 0. The molecule has 3 saturated carbocycles. The second-order valence-electron chi connectivity index (χ2n) is 11.0. The van der Waals surface area contributed by atoms with Crippen LogP contribution in [-0.4, -0.2) is 30.0 Å². The first-order valence-corrected chi connectivity index (χ1v) is 12.2. The van der Waals surface area contributed by atoms with Gasteiger partial charge >= 0.3 is 0 Å². The lowest BCUT2D eigenvalue weighted by Crippen LogP contribution is -2.60. The third kappa shape index (κ3) is 2.90. The minimum atomic E-state index is -0.555. The van der Waals surface area contributed by atoms with Crippen LogP contribution in [0.2, 0.25) is 0 Å². The molecule has 0 radical (unpaired) electrons. The first-order valence-electron chi connectivity index (χ1n) is 12.2. The molecule has 5 rings (SSSR count). The number of furan rings is 1. The third-order valence-electron chi connectivity index (χ3n) is 9.88. The number of ether oxygens (including phenoxy) is 1. The van der Waals surface area contributed by atoms with E-state index in [4.69, 9.17) is 14.9 Å². The second kappa shape index (κ2) is 7.50. The number of hydrogen-bond acceptors (Lipinski definition) is 4. The minimum Gasteiger partial charge on any atom is -0.472 e. The summed E-state index contributed by atoms with van der Waals surface area (Å²) in [5.41, 5.74) is 8.14. The molecule has 0 amide bonds. The van der Waals surface area contributed by atoms with Gasteiger partial charge in [0.15, 0.2) is 0 Å². The van der Waals surface area contributed by atoms with Crippen molar-refractivity contribution in [2.75, 3.05) is 13.2 Å². The zero-order chi connectivity index (χ0) is 21.0. The summed E-state index contributed by atoms with van der Waals surface area (Å²) in [6, 6.07) is 2.11. The van der Waals surface area contributed by atoms with E-state index in [0.717, 1.165) is 51.6 Å². The Balaban J connectivity index is 1.39. The van der Waals surface area contributed by atoms with Crippen molar-refractivity contribution in [1.82, 2.24) is 0 Å². The maximum absolute atomic E-state index is 12.2. The van der Waals surface area contributed by atoms with E-state index in [2.05, 4.69) is 26.0 Å². The van der Waals surface area contributed by atoms with Crippen molar-refractivity contribution in [1.29, 1.82) is 0 Å². The number of rotatable bonds is 5. The van der Waals surface area contributed by atoms with E-state index in [1.807, 2.05) is 6.26 Å². The van der Waals surface area contributed by atoms with E-state index in [1.54, 1.807) is 11.8 Å². The summed E-state index contributed by atoms with van der Waals surface area (Å²) in [6.45, 7) is 6.31. The Morgan fingerprint density at radius 3 is 2.77 bits per heavy atom. The van der Waals surface area contributed by atoms with Crippen LogP contribution >= 0.6 is 0 Å². The molecule has 3 N–H and O–H groups in total. The first kappa shape index (κ1) is 20.8. The van der Waals surface area contributed by atoms with E-state index in [1.165, 1.54) is 18.4 Å². The van der Waals surface area contributed by atoms with Gasteiger partial charge in [-0.3, -0.25) is 0 Å². The van der Waals surface area contributed by atoms with Gasteiger partial charge in [0.1, 0.15) is 0 Å². The largest absolute Gasteiger partial charge is 0.472 e. The molecule has 0 aliphatic heterocycles. The fourth-order valence-corrected chi connectivity index (χ4v) is 8.12. The van der Waals surface area contributed by atoms with Gasteiger partial charge in [-0.15, -0.1) is 0 Å². The summed E-state index contributed by atoms with van der Waals surface area (Å²) in [7, 11) is 0. The molecule has 4 aliphatic carbocycles. The van der Waals surface area contributed by atoms with Crippen molar-refractivity contribution in [2.45, 2.75) is 89.3 Å². The second-order valence-corrected chi connectivity index (χ2v) is 11.0. The van der Waals surface area contributed by atoms with Gasteiger partial charge in [0.25, 0.3) is 0 Å². The fraction of sp³-hybridized carbons (Fsp3) is 0.769. The molecular formula is C26H39NO3. The lowest BCUT2D eigenvalue weighted by molar-refractivity contribution is -0.178. The highest BCUT2D eigenvalue weighted by atomic mass is 16.5. The topological polar surface area (TPSA) is 68.6 Å². The summed E-state index contributed by atoms with van der Waals surface area (Å²) >= 11 is 0. The van der Waals surface area contributed by atoms with Gasteiger partial charge in [-0.25, -0.2) is 0 Å². The Labute approximate surface area is 181 Å². The highest BCUT2D eigenvalue weighted by Gasteiger charge is 2.66. The summed E-state index contributed by atoms with van der Waals surface area (Å²) < 4.78 is 11.5. The standard InChI is InChI=1S/C26H39NO3/c1-24-10-6-20(30-14-3-13-27)16-19(24)4-5-23-22(24)7-11-25(2)21(8-12-26(23,25)28)18-9-15-29-17-18/h9,15-17,20-23,28H,3-8,10-14,27H2,1-2H3/t20?,21?,22-,23-,24+,25-,26-/m1/s1. The normalized spacial score (nSPS) is 45.4. The highest BCUT2D eigenvalue weighted by molar-refractivity contribution is 5.31. The molecule has 7 atom stereocenters. The third-order valence-corrected chi connectivity index (χ3v) is 9.88. The Hall–Kier alpha value is -1.10. The smallest absolute Gasteiger partial charge is 0.0937 e. The molecule has 4 nitrogen and oxygen atoms in total. The lowest BCUT2D eigenvalue weighted by Gasteiger charge is -2.61. The van der Waals surface area contributed by atoms with E-state index in [-0.39, 0.29) is 16.9 Å². The molecule has 4 heteroatoms. The molecule has 0 bridgehead atoms. The predicted octanol–water partition coefficient (Wildman–Crippen LogP) is 5.17. The molecule has 1 aromatic rings. The van der Waals surface area contributed by atoms with Gasteiger partial charge in [0.2, 0.25) is 0 Å². The Kier molecular flexibility index (Phi) is 5.19. The van der Waals surface area contributed by atoms with Crippen LogP contribution in [0.3, 0.4) is 0 Å². The van der Waals surface area contributed by atoms with Crippen molar-refractivity contribution in [2.24, 2.45) is 28.4 Å². The molecule has 4 aliphatic rings. The molecule has 0 saturated heterocycles. The van der Waals surface area contributed by atoms with Crippen LogP contribution in [-0.2, 0) is 4.74 Å². The SMILES string of the molecule is C[C@]12CCC(OCCCN)C=C1CC[C@@H]1[C@H]2CC[C@]2(C)C(c3ccoc3)CC[C@@]12O. The molecule has 166 valence electrons. The Morgan fingerprint density at radius 2 is 2.00 bits per heavy atom. The molecule has 0 aromatic carbocycles. The van der Waals surface area contributed by atoms with E-state index >= 15 is 0 Å². The number of nitrogens with two attached hydrogens (primary N) is 1. The van der Waals surface area contributed by atoms with Crippen molar-refractivity contribution in [3.63, 3.8) is 0 Å². The Morgan fingerprint density at radius 1 is 1.13 bits per heavy atom. The van der Waals surface area contributed by atoms with Crippen LogP contribution in [0.5, 0.6) is 0 Å². The monoisotopic (exact) mass is 413 g/mol. The lowest BCUT2D eigenvalue weighted by atomic mass is 9.45. The maximum Gasteiger partial charge on any atom is 0.0937 e. The number of hydrogen-bond donors (Lipinski definition) is 2. The van der Waals surface area contributed by atoms with Gasteiger partial charge in [0.05, 0.1) is 24.2 Å². The predicted molar refractivity (Wildman–Crippen MR) is 118 cm³/mol. The summed E-state index contributed by atoms with van der Waals surface area (Å²) in [5.74, 6) is 1.41. The molecule has 30 heavy (non-hydrogen) atoms. The van der Waals surface area contributed by atoms with E-state index in [9.17, 15) is 5.11 Å². The van der Waals surface area contributed by atoms with E-state index in [0.29, 0.717) is 24.3 Å². The van der Waals surface area contributed by atoms with Gasteiger partial charge in [-0.2, -0.15) is 0 Å². The quantitative estimate of drug-likeness (QED) is 0.516. The summed E-state index contributed by atoms with van der Waals surface area (Å²) in [6.07, 6.45) is 16.2. The van der Waals surface area contributed by atoms with Crippen LogP contribution in [0, 0.1) is 22.7 Å². The van der Waals surface area contributed by atoms with Crippen LogP contribution in [0.15, 0.2) is 34.7 Å². The molecule has 1 heterocycles. The number of fused-ring (bicyclic) bond motifs is 5. The van der Waals surface area contributed by atoms with Crippen LogP contribution in [0.4, 0.5) is 0 Å². The average Bonchev–Trinajstić information content (AvgIpc) is 3.34. The molecule has 0 spiro atoms. The molecule has 3 fully saturated rings. The zero-order valence-electron chi connectivity index (χ0n) is 18.7. The molecular weight excluding hydrogens is 374 g/mol. The van der Waals surface area contributed by atoms with Crippen LogP contribution in [0.1, 0.15) is 83.1 Å². The van der Waals surface area contributed by atoms with Gasteiger partial charge in [0, 0.05) is 12.0 Å². The first-order chi connectivity index (χ1) is 14.4.